The summed E-state index contributed by atoms with van der Waals surface area (Å²) >= 11 is 0. The molecular weight excluding hydrogens is 319 g/mol. The van der Waals surface area contributed by atoms with E-state index in [0.717, 1.165) is 55.9 Å². The molecule has 0 unspecified atom stereocenters. The molecule has 1 saturated carbocycles. The Bertz CT molecular complexity index is 781. The lowest BCUT2D eigenvalue weighted by Gasteiger charge is -2.40. The smallest absolute Gasteiger partial charge is 0.230 e. The molecule has 1 aromatic heterocycles. The van der Waals surface area contributed by atoms with E-state index in [1.54, 1.807) is 6.07 Å². The Hall–Kier alpha value is -2.24. The molecule has 4 rings (SSSR count). The van der Waals surface area contributed by atoms with Gasteiger partial charge in [0.2, 0.25) is 5.91 Å². The fraction of sp³-hybridized carbons (Fsp3) is 0.526. The van der Waals surface area contributed by atoms with Crippen LogP contribution < -0.4 is 5.32 Å². The largest absolute Gasteiger partial charge is 0.355 e. The standard InChI is InChI=1S/C19H23FN4O/c20-15-6-3-5-14(13-15)19(9-4-10-19)18(25)21-11-8-17-23-22-16-7-1-2-12-24(16)17/h3,5-6,13H,1-2,4,7-12H2,(H,21,25). The summed E-state index contributed by atoms with van der Waals surface area (Å²) < 4.78 is 15.8. The van der Waals surface area contributed by atoms with Gasteiger partial charge in [-0.25, -0.2) is 4.39 Å². The van der Waals surface area contributed by atoms with Crippen LogP contribution in [-0.4, -0.2) is 27.2 Å². The van der Waals surface area contributed by atoms with Crippen molar-refractivity contribution < 1.29 is 9.18 Å². The number of nitrogens with one attached hydrogen (secondary N) is 1. The lowest BCUT2D eigenvalue weighted by molar-refractivity contribution is -0.129. The van der Waals surface area contributed by atoms with Crippen molar-refractivity contribution >= 4 is 5.91 Å². The van der Waals surface area contributed by atoms with Gasteiger partial charge in [-0.15, -0.1) is 10.2 Å². The first kappa shape index (κ1) is 16.2. The van der Waals surface area contributed by atoms with Crippen molar-refractivity contribution in [2.75, 3.05) is 6.54 Å². The van der Waals surface area contributed by atoms with Gasteiger partial charge in [-0.3, -0.25) is 4.79 Å². The molecule has 0 spiro atoms. The van der Waals surface area contributed by atoms with E-state index in [2.05, 4.69) is 20.1 Å². The van der Waals surface area contributed by atoms with E-state index in [1.807, 2.05) is 6.07 Å². The average Bonchev–Trinajstić information content (AvgIpc) is 2.97. The van der Waals surface area contributed by atoms with Gasteiger partial charge in [0.25, 0.3) is 0 Å². The van der Waals surface area contributed by atoms with Crippen LogP contribution in [0.25, 0.3) is 0 Å². The van der Waals surface area contributed by atoms with Crippen LogP contribution in [0.3, 0.4) is 0 Å². The summed E-state index contributed by atoms with van der Waals surface area (Å²) in [4.78, 5) is 12.8. The molecule has 1 aromatic carbocycles. The number of hydrogen-bond acceptors (Lipinski definition) is 3. The Morgan fingerprint density at radius 1 is 1.24 bits per heavy atom. The van der Waals surface area contributed by atoms with Gasteiger partial charge < -0.3 is 9.88 Å². The molecule has 1 fully saturated rings. The zero-order valence-electron chi connectivity index (χ0n) is 14.3. The molecule has 0 saturated heterocycles. The van der Waals surface area contributed by atoms with Crippen LogP contribution in [0.4, 0.5) is 4.39 Å². The Morgan fingerprint density at radius 2 is 2.12 bits per heavy atom. The highest BCUT2D eigenvalue weighted by atomic mass is 19.1. The fourth-order valence-electron chi connectivity index (χ4n) is 3.97. The number of rotatable bonds is 5. The van der Waals surface area contributed by atoms with Crippen molar-refractivity contribution in [3.05, 3.63) is 47.3 Å². The maximum Gasteiger partial charge on any atom is 0.230 e. The summed E-state index contributed by atoms with van der Waals surface area (Å²) in [7, 11) is 0. The highest BCUT2D eigenvalue weighted by molar-refractivity contribution is 5.89. The second kappa shape index (κ2) is 6.58. The van der Waals surface area contributed by atoms with Crippen LogP contribution in [0.15, 0.2) is 24.3 Å². The van der Waals surface area contributed by atoms with Crippen LogP contribution in [0, 0.1) is 5.82 Å². The number of carbonyl (C=O) groups excluding carboxylic acids is 1. The second-order valence-corrected chi connectivity index (χ2v) is 7.09. The average molecular weight is 342 g/mol. The Kier molecular flexibility index (Phi) is 4.27. The number of amides is 1. The number of aryl methyl sites for hydroxylation is 1. The molecule has 25 heavy (non-hydrogen) atoms. The third-order valence-corrected chi connectivity index (χ3v) is 5.59. The summed E-state index contributed by atoms with van der Waals surface area (Å²) in [6.45, 7) is 1.51. The first-order chi connectivity index (χ1) is 12.2. The van der Waals surface area contributed by atoms with Gasteiger partial charge in [0.15, 0.2) is 0 Å². The Labute approximate surface area is 146 Å². The van der Waals surface area contributed by atoms with Gasteiger partial charge in [-0.1, -0.05) is 18.6 Å². The minimum absolute atomic E-state index is 0.00253. The molecule has 0 radical (unpaired) electrons. The quantitative estimate of drug-likeness (QED) is 0.908. The zero-order chi connectivity index (χ0) is 17.3. The van der Waals surface area contributed by atoms with E-state index in [9.17, 15) is 9.18 Å². The maximum absolute atomic E-state index is 13.6. The zero-order valence-corrected chi connectivity index (χ0v) is 14.3. The second-order valence-electron chi connectivity index (χ2n) is 7.09. The van der Waals surface area contributed by atoms with E-state index in [-0.39, 0.29) is 11.7 Å². The summed E-state index contributed by atoms with van der Waals surface area (Å²) in [5.41, 5.74) is 0.225. The van der Waals surface area contributed by atoms with Gasteiger partial charge in [-0.05, 0) is 43.4 Å². The summed E-state index contributed by atoms with van der Waals surface area (Å²) in [5, 5.41) is 11.6. The van der Waals surface area contributed by atoms with Crippen molar-refractivity contribution in [3.63, 3.8) is 0 Å². The highest BCUT2D eigenvalue weighted by Gasteiger charge is 2.45. The third-order valence-electron chi connectivity index (χ3n) is 5.59. The number of nitrogens with zero attached hydrogens (tertiary/aromatic N) is 3. The number of benzene rings is 1. The molecule has 6 heteroatoms. The minimum Gasteiger partial charge on any atom is -0.355 e. The maximum atomic E-state index is 13.6. The van der Waals surface area contributed by atoms with Gasteiger partial charge in [0.05, 0.1) is 5.41 Å². The molecule has 2 aromatic rings. The van der Waals surface area contributed by atoms with Gasteiger partial charge in [0, 0.05) is 25.9 Å². The molecule has 0 atom stereocenters. The van der Waals surface area contributed by atoms with Crippen molar-refractivity contribution in [3.8, 4) is 0 Å². The van der Waals surface area contributed by atoms with Crippen LogP contribution in [0.5, 0.6) is 0 Å². The number of aromatic nitrogens is 3. The van der Waals surface area contributed by atoms with Gasteiger partial charge in [-0.2, -0.15) is 0 Å². The first-order valence-corrected chi connectivity index (χ1v) is 9.14. The SMILES string of the molecule is O=C(NCCc1nnc2n1CCCC2)C1(c2cccc(F)c2)CCC1. The molecule has 1 aliphatic carbocycles. The van der Waals surface area contributed by atoms with Crippen molar-refractivity contribution in [2.45, 2.75) is 56.9 Å². The van der Waals surface area contributed by atoms with Gasteiger partial charge >= 0.3 is 0 Å². The molecule has 2 heterocycles. The van der Waals surface area contributed by atoms with Crippen molar-refractivity contribution in [1.29, 1.82) is 0 Å². The third kappa shape index (κ3) is 2.94. The van der Waals surface area contributed by atoms with E-state index >= 15 is 0 Å². The molecule has 1 N–H and O–H groups in total. The minimum atomic E-state index is -0.563. The molecule has 2 aliphatic rings. The van der Waals surface area contributed by atoms with Crippen LogP contribution >= 0.6 is 0 Å². The molecule has 0 bridgehead atoms. The lowest BCUT2D eigenvalue weighted by Crippen LogP contribution is -2.49. The summed E-state index contributed by atoms with van der Waals surface area (Å²) in [5.74, 6) is 1.72. The number of carbonyl (C=O) groups is 1. The van der Waals surface area contributed by atoms with Crippen LogP contribution in [0.2, 0.25) is 0 Å². The monoisotopic (exact) mass is 342 g/mol. The van der Waals surface area contributed by atoms with E-state index in [0.29, 0.717) is 13.0 Å². The molecule has 5 nitrogen and oxygen atoms in total. The van der Waals surface area contributed by atoms with E-state index < -0.39 is 5.41 Å². The normalized spacial score (nSPS) is 18.3. The van der Waals surface area contributed by atoms with Crippen molar-refractivity contribution in [1.82, 2.24) is 20.1 Å². The van der Waals surface area contributed by atoms with Crippen LogP contribution in [0.1, 0.15) is 49.3 Å². The number of halogens is 1. The lowest BCUT2D eigenvalue weighted by atomic mass is 9.64. The summed E-state index contributed by atoms with van der Waals surface area (Å²) in [6.07, 6.45) is 6.56. The molecule has 1 amide bonds. The summed E-state index contributed by atoms with van der Waals surface area (Å²) in [6, 6.07) is 6.45. The van der Waals surface area contributed by atoms with Crippen molar-refractivity contribution in [2.24, 2.45) is 0 Å². The Balaban J connectivity index is 1.41. The number of fused-ring (bicyclic) bond motifs is 1. The molecule has 1 aliphatic heterocycles. The van der Waals surface area contributed by atoms with Crippen LogP contribution in [-0.2, 0) is 29.6 Å². The molecular formula is C19H23FN4O. The highest BCUT2D eigenvalue weighted by Crippen LogP contribution is 2.44. The fourth-order valence-corrected chi connectivity index (χ4v) is 3.97. The number of hydrogen-bond donors (Lipinski definition) is 1. The predicted octanol–water partition coefficient (Wildman–Crippen LogP) is 2.53. The topological polar surface area (TPSA) is 59.8 Å². The van der Waals surface area contributed by atoms with E-state index in [1.165, 1.54) is 18.6 Å². The predicted molar refractivity (Wildman–Crippen MR) is 91.6 cm³/mol. The van der Waals surface area contributed by atoms with Gasteiger partial charge in [0.1, 0.15) is 17.5 Å². The van der Waals surface area contributed by atoms with E-state index in [4.69, 9.17) is 0 Å². The first-order valence-electron chi connectivity index (χ1n) is 9.14. The Morgan fingerprint density at radius 3 is 2.88 bits per heavy atom. The molecule has 132 valence electrons.